The summed E-state index contributed by atoms with van der Waals surface area (Å²) in [7, 11) is 0. The van der Waals surface area contributed by atoms with E-state index in [9.17, 15) is 9.18 Å². The van der Waals surface area contributed by atoms with Crippen molar-refractivity contribution < 1.29 is 13.9 Å². The molecule has 1 aromatic heterocycles. The van der Waals surface area contributed by atoms with Crippen molar-refractivity contribution in [2.75, 3.05) is 13.2 Å². The van der Waals surface area contributed by atoms with E-state index >= 15 is 0 Å². The third kappa shape index (κ3) is 5.15. The number of carbonyl (C=O) groups excluding carboxylic acids is 1. The van der Waals surface area contributed by atoms with Crippen molar-refractivity contribution in [3.05, 3.63) is 76.0 Å². The summed E-state index contributed by atoms with van der Waals surface area (Å²) in [5, 5.41) is 11.4. The van der Waals surface area contributed by atoms with Crippen LogP contribution in [0.1, 0.15) is 10.4 Å². The molecule has 0 fully saturated rings. The van der Waals surface area contributed by atoms with Gasteiger partial charge in [0.05, 0.1) is 22.8 Å². The number of halogens is 3. The number of benzene rings is 2. The molecule has 0 bridgehead atoms. The molecule has 0 spiro atoms. The Kier molecular flexibility index (Phi) is 6.21. The molecular formula is C19H14Cl2FN3O2. The van der Waals surface area contributed by atoms with Gasteiger partial charge in [-0.05, 0) is 48.5 Å². The van der Waals surface area contributed by atoms with E-state index in [0.717, 1.165) is 5.56 Å². The van der Waals surface area contributed by atoms with Crippen molar-refractivity contribution in [2.45, 2.75) is 0 Å². The van der Waals surface area contributed by atoms with Crippen LogP contribution in [0.3, 0.4) is 0 Å². The van der Waals surface area contributed by atoms with Crippen molar-refractivity contribution in [3.8, 4) is 17.1 Å². The third-order valence-corrected chi connectivity index (χ3v) is 4.16. The summed E-state index contributed by atoms with van der Waals surface area (Å²) in [6.45, 7) is 0.456. The highest BCUT2D eigenvalue weighted by Gasteiger charge is 2.10. The second-order valence-electron chi connectivity index (χ2n) is 5.49. The van der Waals surface area contributed by atoms with Crippen LogP contribution in [0, 0.1) is 5.82 Å². The third-order valence-electron chi connectivity index (χ3n) is 3.59. The highest BCUT2D eigenvalue weighted by molar-refractivity contribution is 6.35. The molecule has 1 N–H and O–H groups in total. The average Bonchev–Trinajstić information content (AvgIpc) is 2.68. The normalized spacial score (nSPS) is 10.5. The largest absolute Gasteiger partial charge is 0.475 e. The quantitative estimate of drug-likeness (QED) is 0.617. The van der Waals surface area contributed by atoms with Crippen molar-refractivity contribution in [1.82, 2.24) is 15.5 Å². The van der Waals surface area contributed by atoms with Gasteiger partial charge in [0.1, 0.15) is 12.4 Å². The number of carbonyl (C=O) groups is 1. The van der Waals surface area contributed by atoms with Crippen LogP contribution in [0.4, 0.5) is 4.39 Å². The monoisotopic (exact) mass is 405 g/mol. The Hall–Kier alpha value is -2.70. The lowest BCUT2D eigenvalue weighted by atomic mass is 10.1. The molecule has 3 aromatic rings. The predicted molar refractivity (Wildman–Crippen MR) is 102 cm³/mol. The fourth-order valence-electron chi connectivity index (χ4n) is 2.26. The lowest BCUT2D eigenvalue weighted by Gasteiger charge is -2.08. The van der Waals surface area contributed by atoms with Gasteiger partial charge < -0.3 is 10.1 Å². The van der Waals surface area contributed by atoms with Crippen LogP contribution in [-0.2, 0) is 0 Å². The minimum absolute atomic E-state index is 0.203. The molecule has 5 nitrogen and oxygen atoms in total. The minimum Gasteiger partial charge on any atom is -0.475 e. The molecule has 0 aliphatic carbocycles. The first kappa shape index (κ1) is 19.1. The summed E-state index contributed by atoms with van der Waals surface area (Å²) in [6.07, 6.45) is 0. The molecule has 8 heteroatoms. The topological polar surface area (TPSA) is 64.1 Å². The summed E-state index contributed by atoms with van der Waals surface area (Å²) in [4.78, 5) is 12.1. The molecule has 0 unspecified atom stereocenters. The summed E-state index contributed by atoms with van der Waals surface area (Å²) < 4.78 is 18.4. The molecule has 1 heterocycles. The van der Waals surface area contributed by atoms with E-state index in [4.69, 9.17) is 27.9 Å². The van der Waals surface area contributed by atoms with E-state index in [2.05, 4.69) is 15.5 Å². The number of nitrogens with zero attached hydrogens (tertiary/aromatic N) is 2. The van der Waals surface area contributed by atoms with E-state index in [1.807, 2.05) is 0 Å². The Morgan fingerprint density at radius 3 is 2.52 bits per heavy atom. The molecule has 138 valence electrons. The predicted octanol–water partition coefficient (Wildman–Crippen LogP) is 4.40. The number of aromatic nitrogens is 2. The van der Waals surface area contributed by atoms with Gasteiger partial charge in [0.2, 0.25) is 5.88 Å². The maximum Gasteiger partial charge on any atom is 0.252 e. The van der Waals surface area contributed by atoms with E-state index in [1.165, 1.54) is 18.2 Å². The Morgan fingerprint density at radius 1 is 1.04 bits per heavy atom. The van der Waals surface area contributed by atoms with Crippen LogP contribution in [0.15, 0.2) is 54.6 Å². The van der Waals surface area contributed by atoms with Crippen LogP contribution in [-0.4, -0.2) is 29.3 Å². The zero-order valence-electron chi connectivity index (χ0n) is 14.0. The number of amides is 1. The first-order valence-electron chi connectivity index (χ1n) is 7.98. The van der Waals surface area contributed by atoms with E-state index in [-0.39, 0.29) is 24.9 Å². The summed E-state index contributed by atoms with van der Waals surface area (Å²) >= 11 is 11.9. The second-order valence-corrected chi connectivity index (χ2v) is 6.34. The maximum absolute atomic E-state index is 12.9. The van der Waals surface area contributed by atoms with Crippen molar-refractivity contribution in [1.29, 1.82) is 0 Å². The number of nitrogens with one attached hydrogen (secondary N) is 1. The van der Waals surface area contributed by atoms with Crippen molar-refractivity contribution >= 4 is 29.1 Å². The second kappa shape index (κ2) is 8.79. The van der Waals surface area contributed by atoms with Gasteiger partial charge in [0.25, 0.3) is 5.91 Å². The van der Waals surface area contributed by atoms with Crippen molar-refractivity contribution in [3.63, 3.8) is 0 Å². The Bertz CT molecular complexity index is 935. The van der Waals surface area contributed by atoms with Crippen LogP contribution < -0.4 is 10.1 Å². The van der Waals surface area contributed by atoms with E-state index in [0.29, 0.717) is 27.2 Å². The Labute approximate surface area is 165 Å². The lowest BCUT2D eigenvalue weighted by Crippen LogP contribution is -2.28. The standard InChI is InChI=1S/C19H14Cl2FN3O2/c20-13-3-6-16(21)15(11-13)19(26)23-9-10-27-18-8-7-17(24-25-18)12-1-4-14(22)5-2-12/h1-8,11H,9-10H2,(H,23,26). The molecule has 0 saturated carbocycles. The first-order chi connectivity index (χ1) is 13.0. The summed E-state index contributed by atoms with van der Waals surface area (Å²) in [5.74, 6) is -0.340. The zero-order valence-corrected chi connectivity index (χ0v) is 15.5. The average molecular weight is 406 g/mol. The number of hydrogen-bond donors (Lipinski definition) is 1. The zero-order chi connectivity index (χ0) is 19.2. The number of rotatable bonds is 6. The van der Waals surface area contributed by atoms with E-state index in [1.54, 1.807) is 36.4 Å². The Balaban J connectivity index is 1.50. The maximum atomic E-state index is 12.9. The van der Waals surface area contributed by atoms with Gasteiger partial charge in [-0.25, -0.2) is 4.39 Å². The van der Waals surface area contributed by atoms with Gasteiger partial charge in [-0.2, -0.15) is 0 Å². The molecule has 27 heavy (non-hydrogen) atoms. The van der Waals surface area contributed by atoms with Crippen molar-refractivity contribution in [2.24, 2.45) is 0 Å². The fraction of sp³-hybridized carbons (Fsp3) is 0.105. The first-order valence-corrected chi connectivity index (χ1v) is 8.74. The van der Waals surface area contributed by atoms with Crippen LogP contribution >= 0.6 is 23.2 Å². The molecular weight excluding hydrogens is 392 g/mol. The summed E-state index contributed by atoms with van der Waals surface area (Å²) in [6, 6.07) is 14.0. The molecule has 0 atom stereocenters. The molecule has 2 aromatic carbocycles. The number of ether oxygens (including phenoxy) is 1. The molecule has 3 rings (SSSR count). The molecule has 0 aliphatic rings. The fourth-order valence-corrected chi connectivity index (χ4v) is 2.63. The molecule has 0 radical (unpaired) electrons. The lowest BCUT2D eigenvalue weighted by molar-refractivity contribution is 0.0946. The molecule has 1 amide bonds. The van der Waals surface area contributed by atoms with Gasteiger partial charge in [0, 0.05) is 16.7 Å². The number of hydrogen-bond acceptors (Lipinski definition) is 4. The Morgan fingerprint density at radius 2 is 1.81 bits per heavy atom. The minimum atomic E-state index is -0.344. The highest BCUT2D eigenvalue weighted by atomic mass is 35.5. The van der Waals surface area contributed by atoms with E-state index < -0.39 is 0 Å². The van der Waals surface area contributed by atoms with Gasteiger partial charge in [0.15, 0.2) is 0 Å². The van der Waals surface area contributed by atoms with Gasteiger partial charge >= 0.3 is 0 Å². The highest BCUT2D eigenvalue weighted by Crippen LogP contribution is 2.20. The van der Waals surface area contributed by atoms with Gasteiger partial charge in [-0.3, -0.25) is 4.79 Å². The molecule has 0 saturated heterocycles. The van der Waals surface area contributed by atoms with Gasteiger partial charge in [-0.1, -0.05) is 23.2 Å². The molecule has 0 aliphatic heterocycles. The summed E-state index contributed by atoms with van der Waals surface area (Å²) in [5.41, 5.74) is 1.65. The SMILES string of the molecule is O=C(NCCOc1ccc(-c2ccc(F)cc2)nn1)c1cc(Cl)ccc1Cl. The van der Waals surface area contributed by atoms with Gasteiger partial charge in [-0.15, -0.1) is 10.2 Å². The van der Waals surface area contributed by atoms with Crippen LogP contribution in [0.25, 0.3) is 11.3 Å². The van der Waals surface area contributed by atoms with Crippen LogP contribution in [0.5, 0.6) is 5.88 Å². The smallest absolute Gasteiger partial charge is 0.252 e. The van der Waals surface area contributed by atoms with Crippen LogP contribution in [0.2, 0.25) is 10.0 Å².